The summed E-state index contributed by atoms with van der Waals surface area (Å²) in [5, 5.41) is 1.92. The van der Waals surface area contributed by atoms with Crippen LogP contribution in [0.25, 0.3) is 21.7 Å². The fourth-order valence-electron chi connectivity index (χ4n) is 4.91. The standard InChI is InChI=1S/C30H35FN4O4/c1-19(31)38-27-15-32-14-25-24(27)10-11-34(28(25)36)17-21-8-9-22-13-23(33-26(22)12-21)18-35(16-20-6-5-7-20)29(37)39-30(2,3)4/h8-15,19-20,33H,5-7,16-18H2,1-4H3. The summed E-state index contributed by atoms with van der Waals surface area (Å²) in [6.07, 6.45) is 6.26. The van der Waals surface area contributed by atoms with Crippen LogP contribution in [0.1, 0.15) is 58.2 Å². The average molecular weight is 535 g/mol. The molecular formula is C30H35FN4O4. The van der Waals surface area contributed by atoms with Crippen molar-refractivity contribution < 1.29 is 18.7 Å². The van der Waals surface area contributed by atoms with E-state index in [1.807, 2.05) is 39.0 Å². The molecule has 1 aliphatic rings. The fraction of sp³-hybridized carbons (Fsp3) is 0.433. The molecule has 1 fully saturated rings. The van der Waals surface area contributed by atoms with Crippen LogP contribution >= 0.6 is 0 Å². The Labute approximate surface area is 226 Å². The van der Waals surface area contributed by atoms with Crippen molar-refractivity contribution in [1.82, 2.24) is 19.4 Å². The van der Waals surface area contributed by atoms with Crippen LogP contribution in [0.3, 0.4) is 0 Å². The highest BCUT2D eigenvalue weighted by Gasteiger charge is 2.27. The van der Waals surface area contributed by atoms with E-state index in [1.54, 1.807) is 21.7 Å². The number of nitrogens with zero attached hydrogens (tertiary/aromatic N) is 3. The van der Waals surface area contributed by atoms with E-state index in [0.29, 0.717) is 36.3 Å². The number of ether oxygens (including phenoxy) is 2. The minimum absolute atomic E-state index is 0.228. The van der Waals surface area contributed by atoms with E-state index >= 15 is 0 Å². The van der Waals surface area contributed by atoms with Gasteiger partial charge in [-0.2, -0.15) is 0 Å². The van der Waals surface area contributed by atoms with Crippen LogP contribution in [-0.4, -0.2) is 44.0 Å². The Hall–Kier alpha value is -3.88. The molecule has 0 aliphatic heterocycles. The van der Waals surface area contributed by atoms with Gasteiger partial charge in [0.1, 0.15) is 11.4 Å². The van der Waals surface area contributed by atoms with Gasteiger partial charge in [-0.05, 0) is 68.7 Å². The quantitative estimate of drug-likeness (QED) is 0.293. The van der Waals surface area contributed by atoms with Crippen LogP contribution in [0.15, 0.2) is 53.7 Å². The van der Waals surface area contributed by atoms with Crippen LogP contribution in [-0.2, 0) is 17.8 Å². The number of aromatic nitrogens is 3. The van der Waals surface area contributed by atoms with Gasteiger partial charge < -0.3 is 23.9 Å². The van der Waals surface area contributed by atoms with E-state index < -0.39 is 12.0 Å². The maximum absolute atomic E-state index is 13.4. The van der Waals surface area contributed by atoms with Crippen LogP contribution in [0.5, 0.6) is 5.75 Å². The third-order valence-electron chi connectivity index (χ3n) is 6.96. The Kier molecular flexibility index (Phi) is 7.34. The first kappa shape index (κ1) is 26.7. The van der Waals surface area contributed by atoms with Crippen molar-refractivity contribution in [3.8, 4) is 5.75 Å². The Morgan fingerprint density at radius 1 is 1.21 bits per heavy atom. The van der Waals surface area contributed by atoms with Gasteiger partial charge >= 0.3 is 6.09 Å². The molecule has 9 heteroatoms. The summed E-state index contributed by atoms with van der Waals surface area (Å²) >= 11 is 0. The fourth-order valence-corrected chi connectivity index (χ4v) is 4.91. The van der Waals surface area contributed by atoms with Gasteiger partial charge in [0.25, 0.3) is 5.56 Å². The van der Waals surface area contributed by atoms with Crippen LogP contribution in [0.2, 0.25) is 0 Å². The number of hydrogen-bond donors (Lipinski definition) is 1. The molecule has 1 aromatic carbocycles. The lowest BCUT2D eigenvalue weighted by atomic mass is 9.85. The summed E-state index contributed by atoms with van der Waals surface area (Å²) < 4.78 is 25.8. The van der Waals surface area contributed by atoms with Gasteiger partial charge in [0.15, 0.2) is 0 Å². The van der Waals surface area contributed by atoms with Crippen LogP contribution < -0.4 is 10.3 Å². The van der Waals surface area contributed by atoms with Gasteiger partial charge in [0.2, 0.25) is 6.36 Å². The van der Waals surface area contributed by atoms with Crippen LogP contribution in [0, 0.1) is 5.92 Å². The molecule has 1 amide bonds. The number of H-pyrrole nitrogens is 1. The van der Waals surface area contributed by atoms with Crippen molar-refractivity contribution in [3.63, 3.8) is 0 Å². The molecular weight excluding hydrogens is 499 g/mol. The third-order valence-corrected chi connectivity index (χ3v) is 6.96. The van der Waals surface area contributed by atoms with Gasteiger partial charge in [0, 0.05) is 42.5 Å². The monoisotopic (exact) mass is 534 g/mol. The maximum Gasteiger partial charge on any atom is 0.410 e. The molecule has 206 valence electrons. The van der Waals surface area contributed by atoms with Crippen molar-refractivity contribution in [3.05, 3.63) is 70.5 Å². The lowest BCUT2D eigenvalue weighted by molar-refractivity contribution is 0.0171. The first-order chi connectivity index (χ1) is 18.6. The molecule has 8 nitrogen and oxygen atoms in total. The van der Waals surface area contributed by atoms with Crippen molar-refractivity contribution in [2.75, 3.05) is 6.54 Å². The summed E-state index contributed by atoms with van der Waals surface area (Å²) in [4.78, 5) is 35.4. The predicted molar refractivity (Wildman–Crippen MR) is 149 cm³/mol. The second kappa shape index (κ2) is 10.7. The normalized spacial score (nSPS) is 14.8. The zero-order chi connectivity index (χ0) is 27.7. The molecule has 1 N–H and O–H groups in total. The van der Waals surface area contributed by atoms with E-state index in [-0.39, 0.29) is 17.4 Å². The van der Waals surface area contributed by atoms with Crippen molar-refractivity contribution in [2.24, 2.45) is 5.92 Å². The summed E-state index contributed by atoms with van der Waals surface area (Å²) in [6.45, 7) is 8.41. The number of amides is 1. The first-order valence-electron chi connectivity index (χ1n) is 13.4. The molecule has 3 aromatic heterocycles. The lowest BCUT2D eigenvalue weighted by Gasteiger charge is -2.33. The number of halogens is 1. The number of nitrogens with one attached hydrogen (secondary N) is 1. The number of hydrogen-bond acceptors (Lipinski definition) is 5. The molecule has 1 aliphatic carbocycles. The van der Waals surface area contributed by atoms with Crippen molar-refractivity contribution in [2.45, 2.75) is 72.0 Å². The van der Waals surface area contributed by atoms with Crippen LogP contribution in [0.4, 0.5) is 9.18 Å². The molecule has 0 spiro atoms. The molecule has 5 rings (SSSR count). The predicted octanol–water partition coefficient (Wildman–Crippen LogP) is 6.16. The van der Waals surface area contributed by atoms with E-state index in [0.717, 1.165) is 35.0 Å². The molecule has 39 heavy (non-hydrogen) atoms. The molecule has 1 saturated carbocycles. The van der Waals surface area contributed by atoms with Gasteiger partial charge in [0.05, 0.1) is 24.7 Å². The molecule has 4 aromatic rings. The number of carbonyl (C=O) groups is 1. The average Bonchev–Trinajstić information content (AvgIpc) is 3.23. The highest BCUT2D eigenvalue weighted by Crippen LogP contribution is 2.29. The van der Waals surface area contributed by atoms with E-state index in [9.17, 15) is 14.0 Å². The Morgan fingerprint density at radius 2 is 2.00 bits per heavy atom. The number of benzene rings is 1. The van der Waals surface area contributed by atoms with Gasteiger partial charge in [-0.1, -0.05) is 18.6 Å². The number of fused-ring (bicyclic) bond motifs is 2. The summed E-state index contributed by atoms with van der Waals surface area (Å²) in [7, 11) is 0. The molecule has 3 heterocycles. The summed E-state index contributed by atoms with van der Waals surface area (Å²) in [5.41, 5.74) is 2.01. The molecule has 1 unspecified atom stereocenters. The largest absolute Gasteiger partial charge is 0.458 e. The Balaban J connectivity index is 1.36. The molecule has 0 radical (unpaired) electrons. The SMILES string of the molecule is CC(F)Oc1cncc2c(=O)n(Cc3ccc4cc(CN(CC5CCC5)C(=O)OC(C)(C)C)[nH]c4c3)ccc12. The maximum atomic E-state index is 13.4. The highest BCUT2D eigenvalue weighted by atomic mass is 19.1. The zero-order valence-corrected chi connectivity index (χ0v) is 22.9. The topological polar surface area (TPSA) is 89.5 Å². The smallest absolute Gasteiger partial charge is 0.410 e. The van der Waals surface area contributed by atoms with E-state index in [2.05, 4.69) is 16.0 Å². The van der Waals surface area contributed by atoms with Gasteiger partial charge in [-0.25, -0.2) is 9.18 Å². The summed E-state index contributed by atoms with van der Waals surface area (Å²) in [5.74, 6) is 0.761. The third kappa shape index (κ3) is 6.24. The minimum Gasteiger partial charge on any atom is -0.458 e. The number of rotatable bonds is 8. The highest BCUT2D eigenvalue weighted by molar-refractivity contribution is 5.86. The second-order valence-corrected chi connectivity index (χ2v) is 11.4. The van der Waals surface area contributed by atoms with Gasteiger partial charge in [-0.15, -0.1) is 0 Å². The number of pyridine rings is 2. The van der Waals surface area contributed by atoms with Crippen molar-refractivity contribution >= 4 is 27.8 Å². The summed E-state index contributed by atoms with van der Waals surface area (Å²) in [6, 6.07) is 9.81. The number of aromatic amines is 1. The second-order valence-electron chi connectivity index (χ2n) is 11.4. The molecule has 0 bridgehead atoms. The molecule has 1 atom stereocenters. The van der Waals surface area contributed by atoms with E-state index in [4.69, 9.17) is 9.47 Å². The number of carbonyl (C=O) groups excluding carboxylic acids is 1. The Morgan fingerprint density at radius 3 is 2.69 bits per heavy atom. The lowest BCUT2D eigenvalue weighted by Crippen LogP contribution is -2.40. The van der Waals surface area contributed by atoms with Crippen molar-refractivity contribution in [1.29, 1.82) is 0 Å². The first-order valence-corrected chi connectivity index (χ1v) is 13.4. The molecule has 0 saturated heterocycles. The zero-order valence-electron chi connectivity index (χ0n) is 22.9. The Bertz CT molecular complexity index is 1550. The van der Waals surface area contributed by atoms with E-state index in [1.165, 1.54) is 25.7 Å². The number of alkyl halides is 1. The van der Waals surface area contributed by atoms with Gasteiger partial charge in [-0.3, -0.25) is 9.78 Å². The minimum atomic E-state index is -1.51.